The van der Waals surface area contributed by atoms with Gasteiger partial charge in [-0.1, -0.05) is 22.0 Å². The summed E-state index contributed by atoms with van der Waals surface area (Å²) in [5.74, 6) is 0.669. The lowest BCUT2D eigenvalue weighted by molar-refractivity contribution is 0.211. The monoisotopic (exact) mass is 328 g/mol. The third-order valence-electron chi connectivity index (χ3n) is 3.90. The Hall–Kier alpha value is -0.450. The minimum atomic E-state index is -0.193. The number of benzene rings is 1. The van der Waals surface area contributed by atoms with Gasteiger partial charge in [0.2, 0.25) is 0 Å². The third-order valence-corrected chi connectivity index (χ3v) is 4.64. The van der Waals surface area contributed by atoms with Crippen LogP contribution in [0, 0.1) is 11.7 Å². The number of hydrogen-bond donors (Lipinski definition) is 1. The molecule has 1 aromatic rings. The first-order chi connectivity index (χ1) is 9.15. The number of nitrogens with zero attached hydrogens (tertiary/aromatic N) is 1. The van der Waals surface area contributed by atoms with Crippen molar-refractivity contribution in [2.75, 3.05) is 26.7 Å². The van der Waals surface area contributed by atoms with E-state index in [-0.39, 0.29) is 5.82 Å². The first-order valence-electron chi connectivity index (χ1n) is 6.98. The lowest BCUT2D eigenvalue weighted by Gasteiger charge is -2.28. The van der Waals surface area contributed by atoms with E-state index in [0.29, 0.717) is 0 Å². The smallest absolute Gasteiger partial charge is 0.124 e. The van der Waals surface area contributed by atoms with Crippen molar-refractivity contribution in [3.8, 4) is 0 Å². The summed E-state index contributed by atoms with van der Waals surface area (Å²) in [5, 5.41) is 3.45. The standard InChI is InChI=1S/C15H22BrFN2/c1-19-8-5-12(6-9-19)4-7-18-11-13-2-3-14(17)10-15(13)16/h2-3,10,12,18H,4-9,11H2,1H3. The van der Waals surface area contributed by atoms with Gasteiger partial charge in [-0.15, -0.1) is 0 Å². The summed E-state index contributed by atoms with van der Waals surface area (Å²) in [7, 11) is 2.19. The average molecular weight is 329 g/mol. The van der Waals surface area contributed by atoms with Crippen LogP contribution in [0.4, 0.5) is 4.39 Å². The van der Waals surface area contributed by atoms with E-state index in [1.165, 1.54) is 44.5 Å². The number of hydrogen-bond acceptors (Lipinski definition) is 2. The lowest BCUT2D eigenvalue weighted by Crippen LogP contribution is -2.31. The first-order valence-corrected chi connectivity index (χ1v) is 7.77. The van der Waals surface area contributed by atoms with Crippen molar-refractivity contribution in [1.82, 2.24) is 10.2 Å². The molecule has 0 unspecified atom stereocenters. The molecule has 19 heavy (non-hydrogen) atoms. The highest BCUT2D eigenvalue weighted by atomic mass is 79.9. The van der Waals surface area contributed by atoms with Crippen LogP contribution in [0.1, 0.15) is 24.8 Å². The highest BCUT2D eigenvalue weighted by molar-refractivity contribution is 9.10. The van der Waals surface area contributed by atoms with Crippen LogP contribution in [0.2, 0.25) is 0 Å². The van der Waals surface area contributed by atoms with E-state index in [1.807, 2.05) is 6.07 Å². The number of halogens is 2. The fraction of sp³-hybridized carbons (Fsp3) is 0.600. The van der Waals surface area contributed by atoms with Crippen LogP contribution >= 0.6 is 15.9 Å². The Bertz CT molecular complexity index is 403. The van der Waals surface area contributed by atoms with E-state index >= 15 is 0 Å². The normalized spacial score (nSPS) is 17.8. The van der Waals surface area contributed by atoms with Crippen LogP contribution in [-0.4, -0.2) is 31.6 Å². The molecule has 0 atom stereocenters. The molecule has 106 valence electrons. The molecule has 1 aliphatic rings. The molecule has 0 radical (unpaired) electrons. The molecule has 0 saturated carbocycles. The number of rotatable bonds is 5. The van der Waals surface area contributed by atoms with Crippen LogP contribution in [0.3, 0.4) is 0 Å². The van der Waals surface area contributed by atoms with Gasteiger partial charge >= 0.3 is 0 Å². The van der Waals surface area contributed by atoms with E-state index < -0.39 is 0 Å². The van der Waals surface area contributed by atoms with E-state index in [0.717, 1.165) is 29.0 Å². The molecule has 1 N–H and O–H groups in total. The largest absolute Gasteiger partial charge is 0.313 e. The molecule has 2 nitrogen and oxygen atoms in total. The van der Waals surface area contributed by atoms with Crippen molar-refractivity contribution in [3.63, 3.8) is 0 Å². The van der Waals surface area contributed by atoms with Crippen LogP contribution in [0.5, 0.6) is 0 Å². The van der Waals surface area contributed by atoms with Gasteiger partial charge in [-0.3, -0.25) is 0 Å². The maximum absolute atomic E-state index is 13.0. The molecule has 0 amide bonds. The van der Waals surface area contributed by atoms with E-state index in [4.69, 9.17) is 0 Å². The Morgan fingerprint density at radius 3 is 2.79 bits per heavy atom. The van der Waals surface area contributed by atoms with Crippen molar-refractivity contribution in [2.24, 2.45) is 5.92 Å². The van der Waals surface area contributed by atoms with Crippen molar-refractivity contribution in [1.29, 1.82) is 0 Å². The fourth-order valence-corrected chi connectivity index (χ4v) is 3.04. The molecule has 0 aliphatic carbocycles. The van der Waals surface area contributed by atoms with Crippen molar-refractivity contribution < 1.29 is 4.39 Å². The third kappa shape index (κ3) is 4.86. The Labute approximate surface area is 123 Å². The minimum Gasteiger partial charge on any atom is -0.313 e. The summed E-state index contributed by atoms with van der Waals surface area (Å²) in [6.45, 7) is 4.30. The minimum absolute atomic E-state index is 0.193. The molecule has 4 heteroatoms. The molecule has 1 saturated heterocycles. The van der Waals surface area contributed by atoms with Gasteiger partial charge in [0.15, 0.2) is 0 Å². The fourth-order valence-electron chi connectivity index (χ4n) is 2.55. The van der Waals surface area contributed by atoms with Gasteiger partial charge in [0.25, 0.3) is 0 Å². The van der Waals surface area contributed by atoms with E-state index in [1.54, 1.807) is 0 Å². The number of likely N-dealkylation sites (tertiary alicyclic amines) is 1. The van der Waals surface area contributed by atoms with Gasteiger partial charge in [-0.2, -0.15) is 0 Å². The van der Waals surface area contributed by atoms with Gasteiger partial charge in [0, 0.05) is 11.0 Å². The maximum Gasteiger partial charge on any atom is 0.124 e. The topological polar surface area (TPSA) is 15.3 Å². The molecule has 1 aromatic carbocycles. The molecule has 1 fully saturated rings. The van der Waals surface area contributed by atoms with Gasteiger partial charge in [0.1, 0.15) is 5.82 Å². The highest BCUT2D eigenvalue weighted by Gasteiger charge is 2.15. The summed E-state index contributed by atoms with van der Waals surface area (Å²) in [6.07, 6.45) is 3.88. The molecule has 1 heterocycles. The Morgan fingerprint density at radius 2 is 2.11 bits per heavy atom. The van der Waals surface area contributed by atoms with Crippen molar-refractivity contribution in [2.45, 2.75) is 25.8 Å². The zero-order valence-corrected chi connectivity index (χ0v) is 13.0. The predicted octanol–water partition coefficient (Wildman–Crippen LogP) is 3.41. The Kier molecular flexibility index (Phi) is 5.79. The van der Waals surface area contributed by atoms with Crippen molar-refractivity contribution in [3.05, 3.63) is 34.1 Å². The second kappa shape index (κ2) is 7.36. The van der Waals surface area contributed by atoms with Gasteiger partial charge < -0.3 is 10.2 Å². The van der Waals surface area contributed by atoms with Gasteiger partial charge in [0.05, 0.1) is 0 Å². The second-order valence-electron chi connectivity index (χ2n) is 5.45. The molecule has 0 aromatic heterocycles. The molecular weight excluding hydrogens is 307 g/mol. The zero-order valence-electron chi connectivity index (χ0n) is 11.5. The van der Waals surface area contributed by atoms with Gasteiger partial charge in [-0.25, -0.2) is 4.39 Å². The summed E-state index contributed by atoms with van der Waals surface area (Å²) in [5.41, 5.74) is 1.12. The zero-order chi connectivity index (χ0) is 13.7. The highest BCUT2D eigenvalue weighted by Crippen LogP contribution is 2.20. The van der Waals surface area contributed by atoms with Crippen LogP contribution in [0.25, 0.3) is 0 Å². The SMILES string of the molecule is CN1CCC(CCNCc2ccc(F)cc2Br)CC1. The summed E-state index contributed by atoms with van der Waals surface area (Å²) in [6, 6.07) is 4.87. The number of nitrogens with one attached hydrogen (secondary N) is 1. The molecule has 0 bridgehead atoms. The maximum atomic E-state index is 13.0. The first kappa shape index (κ1) is 14.9. The lowest BCUT2D eigenvalue weighted by atomic mass is 9.94. The Balaban J connectivity index is 1.66. The molecule has 0 spiro atoms. The van der Waals surface area contributed by atoms with E-state index in [2.05, 4.69) is 33.2 Å². The Morgan fingerprint density at radius 1 is 1.37 bits per heavy atom. The molecule has 2 rings (SSSR count). The number of piperidine rings is 1. The van der Waals surface area contributed by atoms with E-state index in [9.17, 15) is 4.39 Å². The van der Waals surface area contributed by atoms with Crippen LogP contribution < -0.4 is 5.32 Å². The summed E-state index contributed by atoms with van der Waals surface area (Å²) >= 11 is 3.40. The summed E-state index contributed by atoms with van der Waals surface area (Å²) < 4.78 is 13.8. The van der Waals surface area contributed by atoms with Crippen molar-refractivity contribution >= 4 is 15.9 Å². The quantitative estimate of drug-likeness (QED) is 0.833. The predicted molar refractivity (Wildman–Crippen MR) is 80.6 cm³/mol. The van der Waals surface area contributed by atoms with Crippen LogP contribution in [-0.2, 0) is 6.54 Å². The summed E-state index contributed by atoms with van der Waals surface area (Å²) in [4.78, 5) is 2.40. The van der Waals surface area contributed by atoms with Crippen LogP contribution in [0.15, 0.2) is 22.7 Å². The molecule has 1 aliphatic heterocycles. The second-order valence-corrected chi connectivity index (χ2v) is 6.30. The average Bonchev–Trinajstić information content (AvgIpc) is 2.39. The van der Waals surface area contributed by atoms with Gasteiger partial charge in [-0.05, 0) is 69.6 Å². The molecular formula is C15H22BrFN2.